The lowest BCUT2D eigenvalue weighted by molar-refractivity contribution is 0.331. The lowest BCUT2D eigenvalue weighted by atomic mass is 10.2. The van der Waals surface area contributed by atoms with Crippen LogP contribution in [0.5, 0.6) is 0 Å². The van der Waals surface area contributed by atoms with E-state index >= 15 is 0 Å². The monoisotopic (exact) mass is 410 g/mol. The van der Waals surface area contributed by atoms with E-state index in [2.05, 4.69) is 31.8 Å². The number of rotatable bonds is 5. The molecular formula is C20H22N6S2. The second-order valence-corrected chi connectivity index (χ2v) is 9.07. The van der Waals surface area contributed by atoms with Gasteiger partial charge >= 0.3 is 0 Å². The molecule has 4 heterocycles. The van der Waals surface area contributed by atoms with Crippen molar-refractivity contribution in [1.29, 1.82) is 0 Å². The van der Waals surface area contributed by atoms with Crippen LogP contribution < -0.4 is 5.73 Å². The number of benzene rings is 1. The number of nitrogens with zero attached hydrogens (tertiary/aromatic N) is 5. The normalized spacial score (nSPS) is 15.2. The summed E-state index contributed by atoms with van der Waals surface area (Å²) in [5, 5.41) is 3.23. The number of nitrogens with two attached hydrogens (primary N) is 1. The van der Waals surface area contributed by atoms with Gasteiger partial charge in [-0.3, -0.25) is 4.90 Å². The van der Waals surface area contributed by atoms with Gasteiger partial charge in [0.15, 0.2) is 11.0 Å². The highest BCUT2D eigenvalue weighted by Crippen LogP contribution is 2.32. The van der Waals surface area contributed by atoms with Crippen LogP contribution in [0.1, 0.15) is 22.7 Å². The van der Waals surface area contributed by atoms with Gasteiger partial charge in [-0.2, -0.15) is 0 Å². The maximum Gasteiger partial charge on any atom is 0.169 e. The number of hydrogen-bond donors (Lipinski definition) is 1. The molecule has 1 fully saturated rings. The van der Waals surface area contributed by atoms with E-state index in [-0.39, 0.29) is 0 Å². The van der Waals surface area contributed by atoms with Crippen molar-refractivity contribution in [1.82, 2.24) is 24.4 Å². The summed E-state index contributed by atoms with van der Waals surface area (Å²) in [6.07, 6.45) is 6.67. The number of anilines is 1. The number of thioether (sulfide) groups is 1. The summed E-state index contributed by atoms with van der Waals surface area (Å²) in [6, 6.07) is 8.13. The zero-order valence-electron chi connectivity index (χ0n) is 15.8. The number of nitrogen functional groups attached to an aromatic ring is 1. The van der Waals surface area contributed by atoms with Crippen LogP contribution in [0.25, 0.3) is 21.9 Å². The number of pyridine rings is 1. The molecular weight excluding hydrogens is 388 g/mol. The van der Waals surface area contributed by atoms with Crippen LogP contribution in [0.3, 0.4) is 0 Å². The molecule has 0 bridgehead atoms. The number of fused-ring (bicyclic) bond motifs is 3. The molecule has 0 unspecified atom stereocenters. The van der Waals surface area contributed by atoms with Crippen LogP contribution in [0, 0.1) is 0 Å². The van der Waals surface area contributed by atoms with Gasteiger partial charge in [-0.1, -0.05) is 30.0 Å². The fraction of sp³-hybridized carbons (Fsp3) is 0.350. The topological polar surface area (TPSA) is 72.9 Å². The smallest absolute Gasteiger partial charge is 0.169 e. The Kier molecular flexibility index (Phi) is 4.70. The van der Waals surface area contributed by atoms with E-state index in [0.29, 0.717) is 5.82 Å². The van der Waals surface area contributed by atoms with E-state index in [1.54, 1.807) is 23.1 Å². The summed E-state index contributed by atoms with van der Waals surface area (Å²) in [5.74, 6) is 0.488. The van der Waals surface area contributed by atoms with E-state index in [1.165, 1.54) is 35.8 Å². The molecule has 144 valence electrons. The summed E-state index contributed by atoms with van der Waals surface area (Å²) >= 11 is 3.43. The Balaban J connectivity index is 1.55. The summed E-state index contributed by atoms with van der Waals surface area (Å²) in [6.45, 7) is 4.09. The van der Waals surface area contributed by atoms with Crippen molar-refractivity contribution in [3.05, 3.63) is 40.3 Å². The zero-order valence-corrected chi connectivity index (χ0v) is 17.4. The first-order valence-electron chi connectivity index (χ1n) is 9.47. The van der Waals surface area contributed by atoms with E-state index in [9.17, 15) is 0 Å². The number of aromatic nitrogens is 4. The van der Waals surface area contributed by atoms with Gasteiger partial charge < -0.3 is 10.3 Å². The molecule has 0 amide bonds. The van der Waals surface area contributed by atoms with Gasteiger partial charge in [-0.15, -0.1) is 11.3 Å². The molecule has 0 spiro atoms. The summed E-state index contributed by atoms with van der Waals surface area (Å²) in [7, 11) is 0. The van der Waals surface area contributed by atoms with Crippen molar-refractivity contribution >= 4 is 50.9 Å². The number of imidazole rings is 1. The van der Waals surface area contributed by atoms with Crippen molar-refractivity contribution < 1.29 is 0 Å². The fourth-order valence-corrected chi connectivity index (χ4v) is 5.44. The SMILES string of the molecule is CSc1nc2c(N)nc3ccccc3c2n1Cc1cnc(CN2CCCC2)s1. The van der Waals surface area contributed by atoms with Crippen LogP contribution in [0.4, 0.5) is 5.82 Å². The second-order valence-electron chi connectivity index (χ2n) is 7.10. The largest absolute Gasteiger partial charge is 0.382 e. The Labute approximate surface area is 171 Å². The molecule has 5 rings (SSSR count). The van der Waals surface area contributed by atoms with Crippen LogP contribution in [-0.4, -0.2) is 43.8 Å². The molecule has 0 aliphatic carbocycles. The minimum absolute atomic E-state index is 0.488. The third-order valence-electron chi connectivity index (χ3n) is 5.23. The van der Waals surface area contributed by atoms with E-state index in [0.717, 1.165) is 40.2 Å². The van der Waals surface area contributed by atoms with Gasteiger partial charge in [0.25, 0.3) is 0 Å². The highest BCUT2D eigenvalue weighted by Gasteiger charge is 2.18. The van der Waals surface area contributed by atoms with Gasteiger partial charge in [0.05, 0.1) is 24.1 Å². The Morgan fingerprint density at radius 1 is 1.14 bits per heavy atom. The van der Waals surface area contributed by atoms with Crippen molar-refractivity contribution in [2.24, 2.45) is 0 Å². The maximum absolute atomic E-state index is 6.24. The molecule has 4 aromatic rings. The number of hydrogen-bond acceptors (Lipinski definition) is 7. The lowest BCUT2D eigenvalue weighted by Crippen LogP contribution is -2.17. The van der Waals surface area contributed by atoms with Gasteiger partial charge in [0.2, 0.25) is 0 Å². The summed E-state index contributed by atoms with van der Waals surface area (Å²) in [5.41, 5.74) is 8.98. The third-order valence-corrected chi connectivity index (χ3v) is 6.87. The molecule has 2 N–H and O–H groups in total. The number of para-hydroxylation sites is 1. The molecule has 1 aromatic carbocycles. The van der Waals surface area contributed by atoms with Crippen LogP contribution in [0.2, 0.25) is 0 Å². The minimum atomic E-state index is 0.488. The average Bonchev–Trinajstić information content (AvgIpc) is 3.44. The molecule has 6 nitrogen and oxygen atoms in total. The van der Waals surface area contributed by atoms with Gasteiger partial charge in [0.1, 0.15) is 10.5 Å². The molecule has 1 aliphatic heterocycles. The molecule has 0 atom stereocenters. The summed E-state index contributed by atoms with van der Waals surface area (Å²) in [4.78, 5) is 17.7. The van der Waals surface area contributed by atoms with Crippen molar-refractivity contribution in [2.45, 2.75) is 31.1 Å². The molecule has 3 aromatic heterocycles. The second kappa shape index (κ2) is 7.35. The predicted octanol–water partition coefficient (Wildman–Crippen LogP) is 3.99. The van der Waals surface area contributed by atoms with Crippen molar-refractivity contribution in [3.8, 4) is 0 Å². The minimum Gasteiger partial charge on any atom is -0.382 e. The highest BCUT2D eigenvalue weighted by atomic mass is 32.2. The van der Waals surface area contributed by atoms with E-state index in [1.807, 2.05) is 24.4 Å². The van der Waals surface area contributed by atoms with Crippen LogP contribution in [0.15, 0.2) is 35.6 Å². The van der Waals surface area contributed by atoms with Gasteiger partial charge in [-0.05, 0) is 38.3 Å². The maximum atomic E-state index is 6.24. The van der Waals surface area contributed by atoms with E-state index < -0.39 is 0 Å². The average molecular weight is 411 g/mol. The molecule has 0 saturated carbocycles. The third kappa shape index (κ3) is 3.15. The fourth-order valence-electron chi connectivity index (χ4n) is 3.92. The standard InChI is InChI=1S/C20H22N6S2/c1-27-20-24-17-18(14-6-2-3-7-15(14)23-19(17)21)26(20)11-13-10-22-16(28-13)12-25-8-4-5-9-25/h2-3,6-7,10H,4-5,8-9,11-12H2,1H3,(H2,21,23). The highest BCUT2D eigenvalue weighted by molar-refractivity contribution is 7.98. The molecule has 0 radical (unpaired) electrons. The van der Waals surface area contributed by atoms with Crippen LogP contribution >= 0.6 is 23.1 Å². The predicted molar refractivity (Wildman–Crippen MR) is 117 cm³/mol. The molecule has 8 heteroatoms. The van der Waals surface area contributed by atoms with Crippen LogP contribution in [-0.2, 0) is 13.1 Å². The first-order chi connectivity index (χ1) is 13.7. The van der Waals surface area contributed by atoms with Gasteiger partial charge in [0, 0.05) is 16.5 Å². The van der Waals surface area contributed by atoms with E-state index in [4.69, 9.17) is 10.7 Å². The lowest BCUT2D eigenvalue weighted by Gasteiger charge is -2.11. The summed E-state index contributed by atoms with van der Waals surface area (Å²) < 4.78 is 2.26. The Bertz CT molecular complexity index is 1140. The molecule has 28 heavy (non-hydrogen) atoms. The van der Waals surface area contributed by atoms with Crippen molar-refractivity contribution in [3.63, 3.8) is 0 Å². The zero-order chi connectivity index (χ0) is 19.1. The Morgan fingerprint density at radius 2 is 1.96 bits per heavy atom. The van der Waals surface area contributed by atoms with Crippen molar-refractivity contribution in [2.75, 3.05) is 25.1 Å². The number of likely N-dealkylation sites (tertiary alicyclic amines) is 1. The Hall–Kier alpha value is -2.16. The van der Waals surface area contributed by atoms with Gasteiger partial charge in [-0.25, -0.2) is 15.0 Å². The molecule has 1 saturated heterocycles. The number of thiazole rings is 1. The first kappa shape index (κ1) is 17.9. The molecule has 1 aliphatic rings. The quantitative estimate of drug-likeness (QED) is 0.502. The first-order valence-corrected chi connectivity index (χ1v) is 11.5. The Morgan fingerprint density at radius 3 is 2.79 bits per heavy atom.